The van der Waals surface area contributed by atoms with Crippen LogP contribution in [-0.4, -0.2) is 149 Å². The first kappa shape index (κ1) is 69.2. The van der Waals surface area contributed by atoms with Crippen LogP contribution in [0.2, 0.25) is 0 Å². The van der Waals surface area contributed by atoms with Crippen LogP contribution in [-0.2, 0) is 100 Å². The third kappa shape index (κ3) is 18.1. The zero-order valence-corrected chi connectivity index (χ0v) is 53.0. The van der Waals surface area contributed by atoms with Crippen LogP contribution in [0.4, 0.5) is 0 Å². The molecule has 25 atom stereocenters. The molecule has 5 fully saturated rings. The molecule has 0 spiro atoms. The van der Waals surface area contributed by atoms with Gasteiger partial charge in [0, 0.05) is 53.8 Å². The number of nitrogens with zero attached hydrogens (tertiary/aromatic N) is 6. The van der Waals surface area contributed by atoms with Gasteiger partial charge < -0.3 is 71.1 Å². The first-order valence-electron chi connectivity index (χ1n) is 31.2. The predicted molar refractivity (Wildman–Crippen MR) is 323 cm³/mol. The van der Waals surface area contributed by atoms with Crippen LogP contribution in [0, 0.1) is 47.9 Å². The molecule has 23 nitrogen and oxygen atoms in total. The first-order valence-corrected chi connectivity index (χ1v) is 31.2. The van der Waals surface area contributed by atoms with Crippen molar-refractivity contribution in [1.82, 2.24) is 0 Å². The first-order chi connectivity index (χ1) is 42.9. The second kappa shape index (κ2) is 33.5. The van der Waals surface area contributed by atoms with Crippen molar-refractivity contribution in [2.24, 2.45) is 45.7 Å². The molecule has 0 amide bonds. The molecule has 0 bridgehead atoms. The minimum Gasteiger partial charge on any atom is -0.463 e. The third-order valence-electron chi connectivity index (χ3n) is 17.8. The highest BCUT2D eigenvalue weighted by atomic mass is 16.8. The summed E-state index contributed by atoms with van der Waals surface area (Å²) >= 11 is 0. The molecule has 5 aliphatic rings. The van der Waals surface area contributed by atoms with E-state index in [0.29, 0.717) is 26.1 Å². The lowest BCUT2D eigenvalue weighted by Crippen LogP contribution is -2.63. The summed E-state index contributed by atoms with van der Waals surface area (Å²) in [5.41, 5.74) is 23.2. The van der Waals surface area contributed by atoms with Crippen LogP contribution in [0.3, 0.4) is 0 Å². The van der Waals surface area contributed by atoms with Crippen molar-refractivity contribution in [3.05, 3.63) is 129 Å². The maximum absolute atomic E-state index is 12.6. The fraction of sp³-hybridized carbons (Fsp3) is 0.667. The van der Waals surface area contributed by atoms with E-state index in [1.165, 1.54) is 13.8 Å². The van der Waals surface area contributed by atoms with Crippen LogP contribution in [0.1, 0.15) is 106 Å². The Morgan fingerprint density at radius 3 is 1.24 bits per heavy atom. The Morgan fingerprint density at radius 1 is 0.461 bits per heavy atom. The fourth-order valence-corrected chi connectivity index (χ4v) is 12.6. The summed E-state index contributed by atoms with van der Waals surface area (Å²) in [6.07, 6.45) is -6.87. The molecule has 10 unspecified atom stereocenters. The molecule has 3 aromatic rings. The number of terminal acetylenes is 1. The maximum Gasteiger partial charge on any atom is 0.302 e. The normalized spacial score (nSPS) is 37.2. The van der Waals surface area contributed by atoms with Crippen LogP contribution in [0.25, 0.3) is 20.9 Å². The van der Waals surface area contributed by atoms with Crippen LogP contribution in [0.5, 0.6) is 0 Å². The number of hydrogen-bond donors (Lipinski definition) is 0. The molecule has 23 heteroatoms. The van der Waals surface area contributed by atoms with Gasteiger partial charge in [-0.05, 0) is 66.8 Å². The highest BCUT2D eigenvalue weighted by Crippen LogP contribution is 2.43. The van der Waals surface area contributed by atoms with E-state index in [2.05, 4.69) is 32.9 Å². The topological polar surface area (TPSA) is 270 Å². The smallest absolute Gasteiger partial charge is 0.302 e. The lowest BCUT2D eigenvalue weighted by atomic mass is 9.85. The highest BCUT2D eigenvalue weighted by Gasteiger charge is 2.55. The Labute approximate surface area is 522 Å². The molecule has 0 aliphatic carbocycles. The lowest BCUT2D eigenvalue weighted by Gasteiger charge is -2.51. The minimum atomic E-state index is -1.24. The van der Waals surface area contributed by atoms with Crippen LogP contribution in [0.15, 0.2) is 101 Å². The van der Waals surface area contributed by atoms with Gasteiger partial charge in [-0.15, -0.1) is 12.3 Å². The summed E-state index contributed by atoms with van der Waals surface area (Å²) < 4.78 is 99.0. The van der Waals surface area contributed by atoms with Gasteiger partial charge in [-0.1, -0.05) is 143 Å². The number of carbonyl (C=O) groups is 2. The van der Waals surface area contributed by atoms with Gasteiger partial charge in [-0.2, -0.15) is 0 Å². The van der Waals surface area contributed by atoms with Crippen molar-refractivity contribution in [3.63, 3.8) is 0 Å². The van der Waals surface area contributed by atoms with Crippen molar-refractivity contribution in [2.45, 2.75) is 226 Å². The maximum atomic E-state index is 12.6. The van der Waals surface area contributed by atoms with Crippen molar-refractivity contribution in [2.75, 3.05) is 19.8 Å². The monoisotopic (exact) mass is 1240 g/mol. The number of azide groups is 2. The number of hydrogen-bond acceptors (Lipinski definition) is 19. The molecule has 5 aliphatic heterocycles. The Hall–Kier alpha value is -5.74. The molecule has 0 N–H and O–H groups in total. The van der Waals surface area contributed by atoms with Crippen molar-refractivity contribution in [3.8, 4) is 12.3 Å². The summed E-state index contributed by atoms with van der Waals surface area (Å²) in [5, 5.41) is 8.55. The second-order valence-electron chi connectivity index (χ2n) is 24.2. The van der Waals surface area contributed by atoms with Gasteiger partial charge in [0.25, 0.3) is 0 Å². The van der Waals surface area contributed by atoms with E-state index < -0.39 is 134 Å². The van der Waals surface area contributed by atoms with Gasteiger partial charge in [0.05, 0.1) is 87.3 Å². The van der Waals surface area contributed by atoms with Gasteiger partial charge in [0.15, 0.2) is 31.5 Å². The predicted octanol–water partition coefficient (Wildman–Crippen LogP) is 10.7. The Morgan fingerprint density at radius 2 is 0.831 bits per heavy atom. The molecule has 0 saturated carbocycles. The summed E-state index contributed by atoms with van der Waals surface area (Å²) in [6.45, 7) is 20.7. The molecule has 486 valence electrons. The number of ether oxygens (including phenoxy) is 15. The van der Waals surface area contributed by atoms with E-state index in [9.17, 15) is 20.7 Å². The van der Waals surface area contributed by atoms with Gasteiger partial charge in [0.1, 0.15) is 37.6 Å². The number of unbranched alkanes of at least 4 members (excludes halogenated alkanes) is 1. The van der Waals surface area contributed by atoms with Gasteiger partial charge in [-0.3, -0.25) is 9.59 Å². The number of rotatable bonds is 27. The third-order valence-corrected chi connectivity index (χ3v) is 17.8. The number of carbonyl (C=O) groups excluding carboxylic acids is 2. The summed E-state index contributed by atoms with van der Waals surface area (Å²) in [6, 6.07) is 27.3. The van der Waals surface area contributed by atoms with E-state index in [0.717, 1.165) is 16.7 Å². The number of benzene rings is 3. The van der Waals surface area contributed by atoms with E-state index in [-0.39, 0.29) is 56.4 Å². The molecule has 0 aromatic heterocycles. The Balaban J connectivity index is 1.04. The highest BCUT2D eigenvalue weighted by molar-refractivity contribution is 5.66. The second-order valence-corrected chi connectivity index (χ2v) is 24.2. The standard InChI is InChI=1S/C66H90N6O17/c1-13-14-24-31-75-62-41(6)58(79-33-49-27-20-16-21-28-49)60(44(9)82-62)88-65-54(70-72-68)39(4)57(52(85-65)36-77-47(12)74)87-64-42(7)59(80-34-50-29-22-17-23-30-50)61(45(10)83-64)89-66-53(69-71-67)38(3)56(51(84-66)35-76-46(11)73)86-63-40(5)55(37(2)43(8)81-63)78-32-48-25-18-15-19-26-48/h1,15-23,25-30,37-45,51-66H,14,24,31-36H2,2-12H3/t37-,38+,39+,40?,41?,42?,43?,44?,45?,51?,52?,53?,54?,55+,56+,57+,58-,59-,60-,61-,62+,63-,64-,65-,66-/m0/s1. The van der Waals surface area contributed by atoms with Crippen molar-refractivity contribution >= 4 is 11.9 Å². The van der Waals surface area contributed by atoms with Gasteiger partial charge in [0.2, 0.25) is 0 Å². The zero-order valence-electron chi connectivity index (χ0n) is 53.0. The van der Waals surface area contributed by atoms with Crippen LogP contribution < -0.4 is 0 Å². The van der Waals surface area contributed by atoms with Crippen LogP contribution >= 0.6 is 0 Å². The van der Waals surface area contributed by atoms with Crippen molar-refractivity contribution < 1.29 is 80.6 Å². The minimum absolute atomic E-state index is 0.0209. The molecule has 3 aromatic carbocycles. The van der Waals surface area contributed by atoms with E-state index >= 15 is 0 Å². The average Bonchev–Trinajstić information content (AvgIpc) is 2.32. The summed E-state index contributed by atoms with van der Waals surface area (Å²) in [4.78, 5) is 31.6. The molecule has 5 heterocycles. The fourth-order valence-electron chi connectivity index (χ4n) is 12.6. The van der Waals surface area contributed by atoms with Crippen molar-refractivity contribution in [1.29, 1.82) is 0 Å². The average molecular weight is 1240 g/mol. The van der Waals surface area contributed by atoms with Gasteiger partial charge in [-0.25, -0.2) is 0 Å². The molecular formula is C66H90N6O17. The quantitative estimate of drug-likeness (QED) is 0.0171. The molecule has 0 radical (unpaired) electrons. The lowest BCUT2D eigenvalue weighted by molar-refractivity contribution is -0.367. The Kier molecular flexibility index (Phi) is 26.1. The largest absolute Gasteiger partial charge is 0.463 e. The van der Waals surface area contributed by atoms with E-state index in [4.69, 9.17) is 77.5 Å². The zero-order chi connectivity index (χ0) is 63.7. The molecule has 8 rings (SSSR count). The number of esters is 2. The molecule has 5 saturated heterocycles. The SMILES string of the molecule is C#CCCCO[C@@H]1OC(C)[C@H](O[C@@H]2OC(COC(C)=O)[C@H](O[C@@H]3OC(C)[C@H](O[C@@H]4OC(COC(C)=O)[C@H](O[C@@H]5OC(C)[C@H](C)[C@@H](OCc6ccccc6)C5C)[C@H](C)C4N=[N+]=[N-])[C@@H](OCc4ccccc4)C3C)[C@H](C)C2N=[N+]=[N-])[C@@H](OCc2ccccc2)C1C. The van der Waals surface area contributed by atoms with E-state index in [1.54, 1.807) is 0 Å². The Bertz CT molecular complexity index is 2810. The summed E-state index contributed by atoms with van der Waals surface area (Å²) in [5.74, 6) is -0.915. The van der Waals surface area contributed by atoms with E-state index in [1.807, 2.05) is 146 Å². The summed E-state index contributed by atoms with van der Waals surface area (Å²) in [7, 11) is 0. The van der Waals surface area contributed by atoms with Gasteiger partial charge >= 0.3 is 11.9 Å². The molecule has 89 heavy (non-hydrogen) atoms. The molecular weight excluding hydrogens is 1150 g/mol.